The van der Waals surface area contributed by atoms with Crippen molar-refractivity contribution in [2.45, 2.75) is 0 Å². The normalized spacial score (nSPS) is 10.7. The fraction of sp³-hybridized carbons (Fsp3) is 0. The van der Waals surface area contributed by atoms with Crippen molar-refractivity contribution in [2.24, 2.45) is 5.10 Å². The largest absolute Gasteiger partial charge is 0.457 e. The number of nitrogens with one attached hydrogen (secondary N) is 1. The maximum atomic E-state index is 11.2. The number of para-hydroxylation sites is 1. The molecule has 3 rings (SSSR count). The van der Waals surface area contributed by atoms with Crippen LogP contribution in [0.1, 0.15) is 5.56 Å². The van der Waals surface area contributed by atoms with Crippen LogP contribution in [0.5, 0.6) is 11.5 Å². The van der Waals surface area contributed by atoms with Gasteiger partial charge in [-0.25, -0.2) is 4.98 Å². The predicted molar refractivity (Wildman–Crippen MR) is 97.4 cm³/mol. The number of thiazole rings is 1. The van der Waals surface area contributed by atoms with Crippen molar-refractivity contribution in [3.05, 3.63) is 69.6 Å². The molecule has 1 heterocycles. The second-order valence-electron chi connectivity index (χ2n) is 4.84. The SMILES string of the molecule is Nc1csc(NN=Cc2cc(Oc3ccccc3)ccc2[N+](=O)[O-])n1. The number of nitrogens with two attached hydrogens (primary N) is 1. The van der Waals surface area contributed by atoms with Gasteiger partial charge in [0.1, 0.15) is 17.3 Å². The maximum absolute atomic E-state index is 11.2. The van der Waals surface area contributed by atoms with E-state index in [0.29, 0.717) is 28.0 Å². The summed E-state index contributed by atoms with van der Waals surface area (Å²) in [6.45, 7) is 0. The van der Waals surface area contributed by atoms with Crippen LogP contribution in [0.4, 0.5) is 16.6 Å². The molecule has 0 aliphatic heterocycles. The van der Waals surface area contributed by atoms with Crippen molar-refractivity contribution in [1.82, 2.24) is 4.98 Å². The molecule has 0 amide bonds. The highest BCUT2D eigenvalue weighted by molar-refractivity contribution is 7.14. The van der Waals surface area contributed by atoms with Gasteiger partial charge >= 0.3 is 0 Å². The van der Waals surface area contributed by atoms with Crippen LogP contribution in [0.2, 0.25) is 0 Å². The van der Waals surface area contributed by atoms with E-state index < -0.39 is 4.92 Å². The van der Waals surface area contributed by atoms with E-state index in [1.807, 2.05) is 18.2 Å². The van der Waals surface area contributed by atoms with Crippen molar-refractivity contribution in [1.29, 1.82) is 0 Å². The molecule has 3 aromatic rings. The smallest absolute Gasteiger partial charge is 0.278 e. The summed E-state index contributed by atoms with van der Waals surface area (Å²) in [5.74, 6) is 1.49. The zero-order chi connectivity index (χ0) is 17.6. The quantitative estimate of drug-likeness (QED) is 0.394. The van der Waals surface area contributed by atoms with E-state index >= 15 is 0 Å². The molecule has 8 nitrogen and oxygen atoms in total. The molecule has 0 spiro atoms. The number of aromatic nitrogens is 1. The van der Waals surface area contributed by atoms with Gasteiger partial charge in [-0.15, -0.1) is 11.3 Å². The minimum Gasteiger partial charge on any atom is -0.457 e. The van der Waals surface area contributed by atoms with Crippen LogP contribution in [0.15, 0.2) is 59.0 Å². The molecule has 25 heavy (non-hydrogen) atoms. The molecule has 0 unspecified atom stereocenters. The number of nitro benzene ring substituents is 1. The summed E-state index contributed by atoms with van der Waals surface area (Å²) in [6.07, 6.45) is 1.34. The molecule has 0 fully saturated rings. The van der Waals surface area contributed by atoms with Crippen molar-refractivity contribution in [2.75, 3.05) is 11.2 Å². The Morgan fingerprint density at radius 2 is 2.04 bits per heavy atom. The lowest BCUT2D eigenvalue weighted by atomic mass is 10.2. The third-order valence-corrected chi connectivity index (χ3v) is 3.83. The van der Waals surface area contributed by atoms with E-state index in [0.717, 1.165) is 0 Å². The molecule has 0 saturated heterocycles. The highest BCUT2D eigenvalue weighted by Gasteiger charge is 2.13. The molecule has 0 aliphatic rings. The molecular weight excluding hydrogens is 342 g/mol. The Morgan fingerprint density at radius 1 is 1.24 bits per heavy atom. The number of nitro groups is 1. The van der Waals surface area contributed by atoms with Gasteiger partial charge in [0.05, 0.1) is 16.7 Å². The van der Waals surface area contributed by atoms with Crippen LogP contribution >= 0.6 is 11.3 Å². The standard InChI is InChI=1S/C16H13N5O3S/c17-15-10-25-16(19-15)20-18-9-11-8-13(6-7-14(11)21(22)23)24-12-4-2-1-3-5-12/h1-10H,17H2,(H,19,20). The summed E-state index contributed by atoms with van der Waals surface area (Å²) in [5.41, 5.74) is 8.43. The number of benzene rings is 2. The van der Waals surface area contributed by atoms with E-state index in [9.17, 15) is 10.1 Å². The van der Waals surface area contributed by atoms with E-state index in [2.05, 4.69) is 15.5 Å². The molecule has 0 saturated carbocycles. The minimum atomic E-state index is -0.477. The average molecular weight is 355 g/mol. The van der Waals surface area contributed by atoms with Gasteiger partial charge in [-0.1, -0.05) is 18.2 Å². The second kappa shape index (κ2) is 7.41. The molecule has 0 aliphatic carbocycles. The first-order valence-electron chi connectivity index (χ1n) is 7.13. The summed E-state index contributed by atoms with van der Waals surface area (Å²) in [4.78, 5) is 14.7. The number of anilines is 2. The fourth-order valence-electron chi connectivity index (χ4n) is 1.98. The van der Waals surface area contributed by atoms with E-state index in [1.165, 1.54) is 29.7 Å². The Balaban J connectivity index is 1.82. The van der Waals surface area contributed by atoms with E-state index in [1.54, 1.807) is 23.6 Å². The van der Waals surface area contributed by atoms with Gasteiger partial charge in [-0.05, 0) is 24.3 Å². The summed E-state index contributed by atoms with van der Waals surface area (Å²) in [7, 11) is 0. The van der Waals surface area contributed by atoms with Gasteiger partial charge in [0.2, 0.25) is 5.13 Å². The molecular formula is C16H13N5O3S. The molecule has 0 radical (unpaired) electrons. The highest BCUT2D eigenvalue weighted by atomic mass is 32.1. The van der Waals surface area contributed by atoms with Crippen molar-refractivity contribution in [3.8, 4) is 11.5 Å². The molecule has 0 bridgehead atoms. The Bertz CT molecular complexity index is 911. The van der Waals surface area contributed by atoms with E-state index in [4.69, 9.17) is 10.5 Å². The van der Waals surface area contributed by atoms with Crippen molar-refractivity contribution >= 4 is 34.2 Å². The number of nitrogen functional groups attached to an aromatic ring is 1. The zero-order valence-corrected chi connectivity index (χ0v) is 13.6. The van der Waals surface area contributed by atoms with Crippen LogP contribution in [0, 0.1) is 10.1 Å². The molecule has 9 heteroatoms. The minimum absolute atomic E-state index is 0.0791. The van der Waals surface area contributed by atoms with Crippen LogP contribution in [-0.2, 0) is 0 Å². The monoisotopic (exact) mass is 355 g/mol. The van der Waals surface area contributed by atoms with Gasteiger partial charge in [-0.2, -0.15) is 5.10 Å². The van der Waals surface area contributed by atoms with Crippen molar-refractivity contribution in [3.63, 3.8) is 0 Å². The fourth-order valence-corrected chi connectivity index (χ4v) is 2.53. The Labute approximate surface area is 146 Å². The maximum Gasteiger partial charge on any atom is 0.278 e. The number of rotatable bonds is 6. The molecule has 2 aromatic carbocycles. The Morgan fingerprint density at radius 3 is 2.72 bits per heavy atom. The zero-order valence-electron chi connectivity index (χ0n) is 12.8. The average Bonchev–Trinajstić information content (AvgIpc) is 3.01. The summed E-state index contributed by atoms with van der Waals surface area (Å²) in [5, 5.41) is 17.3. The van der Waals surface area contributed by atoms with Crippen LogP contribution in [0.25, 0.3) is 0 Å². The second-order valence-corrected chi connectivity index (χ2v) is 5.70. The predicted octanol–water partition coefficient (Wildman–Crippen LogP) is 3.87. The van der Waals surface area contributed by atoms with Gasteiger partial charge < -0.3 is 10.5 Å². The van der Waals surface area contributed by atoms with Crippen molar-refractivity contribution < 1.29 is 9.66 Å². The van der Waals surface area contributed by atoms with Gasteiger partial charge in [-0.3, -0.25) is 15.5 Å². The van der Waals surface area contributed by atoms with Gasteiger partial charge in [0.15, 0.2) is 0 Å². The first kappa shape index (κ1) is 16.4. The number of nitrogens with zero attached hydrogens (tertiary/aromatic N) is 3. The number of hydrogen-bond acceptors (Lipinski definition) is 8. The Kier molecular flexibility index (Phi) is 4.86. The number of ether oxygens (including phenoxy) is 1. The third kappa shape index (κ3) is 4.30. The van der Waals surface area contributed by atoms with Gasteiger partial charge in [0.25, 0.3) is 5.69 Å². The van der Waals surface area contributed by atoms with Crippen LogP contribution < -0.4 is 15.9 Å². The topological polar surface area (TPSA) is 116 Å². The lowest BCUT2D eigenvalue weighted by Crippen LogP contribution is -1.97. The van der Waals surface area contributed by atoms with Gasteiger partial charge in [0, 0.05) is 11.4 Å². The summed E-state index contributed by atoms with van der Waals surface area (Å²) < 4.78 is 5.69. The Hall–Kier alpha value is -3.46. The summed E-state index contributed by atoms with van der Waals surface area (Å²) >= 11 is 1.28. The number of hydrogen-bond donors (Lipinski definition) is 2. The lowest BCUT2D eigenvalue weighted by molar-refractivity contribution is -0.385. The highest BCUT2D eigenvalue weighted by Crippen LogP contribution is 2.27. The number of hydrazone groups is 1. The third-order valence-electron chi connectivity index (χ3n) is 3.06. The first-order chi connectivity index (χ1) is 12.1. The lowest BCUT2D eigenvalue weighted by Gasteiger charge is -2.06. The molecule has 126 valence electrons. The first-order valence-corrected chi connectivity index (χ1v) is 8.01. The molecule has 0 atom stereocenters. The van der Waals surface area contributed by atoms with Crippen LogP contribution in [0.3, 0.4) is 0 Å². The molecule has 1 aromatic heterocycles. The molecule has 3 N–H and O–H groups in total. The van der Waals surface area contributed by atoms with Crippen LogP contribution in [-0.4, -0.2) is 16.1 Å². The summed E-state index contributed by atoms with van der Waals surface area (Å²) in [6, 6.07) is 13.6. The van der Waals surface area contributed by atoms with E-state index in [-0.39, 0.29) is 5.69 Å².